The van der Waals surface area contributed by atoms with E-state index in [0.717, 1.165) is 29.6 Å². The van der Waals surface area contributed by atoms with Gasteiger partial charge in [-0.3, -0.25) is 14.4 Å². The number of nitrogens with one attached hydrogen (secondary N) is 4. The molecule has 2 aromatic heterocycles. The van der Waals surface area contributed by atoms with E-state index < -0.39 is 10.0 Å². The van der Waals surface area contributed by atoms with Gasteiger partial charge in [0.2, 0.25) is 10.0 Å². The van der Waals surface area contributed by atoms with E-state index in [1.165, 1.54) is 4.57 Å². The summed E-state index contributed by atoms with van der Waals surface area (Å²) < 4.78 is 28.6. The number of hydrogen-bond donors (Lipinski definition) is 6. The zero-order valence-electron chi connectivity index (χ0n) is 29.1. The molecule has 8 N–H and O–H groups in total. The number of nitrogens with zero attached hydrogens (tertiary/aromatic N) is 3. The molecule has 1 saturated heterocycles. The van der Waals surface area contributed by atoms with Crippen LogP contribution < -0.4 is 32.5 Å². The van der Waals surface area contributed by atoms with Crippen LogP contribution in [-0.4, -0.2) is 67.0 Å². The number of aromatic amines is 1. The maximum absolute atomic E-state index is 12.5. The Kier molecular flexibility index (Phi) is 11.7. The molecule has 264 valence electrons. The average molecular weight is 692 g/mol. The second-order valence-electron chi connectivity index (χ2n) is 14.2. The Balaban J connectivity index is 0.000000244. The lowest BCUT2D eigenvalue weighted by Gasteiger charge is -2.19. The van der Waals surface area contributed by atoms with Crippen molar-refractivity contribution in [2.24, 2.45) is 16.5 Å². The van der Waals surface area contributed by atoms with Crippen LogP contribution in [0.25, 0.3) is 16.7 Å². The maximum atomic E-state index is 12.5. The standard InChI is InChI=1S/C21H27N7O2.C14H22N2O2S/c1-21(2,3)16-11-14-12-28(20(30)27-17(14)26-16)15-7-5-13(6-8-15)18(29)24-9-4-10-25-19(22)23;1-14(2,3)11-4-6-13(7-5-11)19(17,18)16-12-8-9-15-10-12/h5-8,11-12H,4,9-10H2,1-3H3,(H,24,29)(H4,22,23,25)(H,26,27,30);4-7,12,15-16H,8-10H2,1-3H3/t;12-/m.0/s1. The van der Waals surface area contributed by atoms with Crippen LogP contribution in [0.2, 0.25) is 0 Å². The third-order valence-electron chi connectivity index (χ3n) is 8.05. The van der Waals surface area contributed by atoms with Crippen molar-refractivity contribution in [2.45, 2.75) is 76.2 Å². The molecule has 3 heterocycles. The van der Waals surface area contributed by atoms with Gasteiger partial charge in [0.25, 0.3) is 5.91 Å². The highest BCUT2D eigenvalue weighted by Crippen LogP contribution is 2.25. The Morgan fingerprint density at radius 3 is 2.27 bits per heavy atom. The molecule has 1 aliphatic heterocycles. The van der Waals surface area contributed by atoms with Crippen LogP contribution in [0.4, 0.5) is 0 Å². The molecule has 1 aliphatic rings. The first-order chi connectivity index (χ1) is 22.9. The predicted molar refractivity (Wildman–Crippen MR) is 195 cm³/mol. The summed E-state index contributed by atoms with van der Waals surface area (Å²) >= 11 is 0. The van der Waals surface area contributed by atoms with E-state index >= 15 is 0 Å². The van der Waals surface area contributed by atoms with Crippen molar-refractivity contribution < 1.29 is 13.2 Å². The second kappa shape index (κ2) is 15.3. The van der Waals surface area contributed by atoms with E-state index in [1.54, 1.807) is 42.6 Å². The maximum Gasteiger partial charge on any atom is 0.354 e. The first-order valence-corrected chi connectivity index (χ1v) is 17.8. The topological polar surface area (TPSA) is 202 Å². The van der Waals surface area contributed by atoms with E-state index in [4.69, 9.17) is 11.5 Å². The first kappa shape index (κ1) is 37.3. The number of rotatable bonds is 9. The smallest absolute Gasteiger partial charge is 0.354 e. The number of amides is 1. The number of sulfonamides is 1. The Bertz CT molecular complexity index is 1920. The molecule has 2 aromatic carbocycles. The van der Waals surface area contributed by atoms with Gasteiger partial charge in [-0.1, -0.05) is 53.7 Å². The van der Waals surface area contributed by atoms with Gasteiger partial charge in [-0.2, -0.15) is 4.98 Å². The van der Waals surface area contributed by atoms with Crippen LogP contribution in [0, 0.1) is 0 Å². The summed E-state index contributed by atoms with van der Waals surface area (Å²) in [7, 11) is -3.40. The highest BCUT2D eigenvalue weighted by Gasteiger charge is 2.23. The Morgan fingerprint density at radius 1 is 1.02 bits per heavy atom. The van der Waals surface area contributed by atoms with Gasteiger partial charge in [0.15, 0.2) is 5.96 Å². The molecule has 14 heteroatoms. The molecule has 4 aromatic rings. The zero-order valence-corrected chi connectivity index (χ0v) is 29.9. The molecule has 0 unspecified atom stereocenters. The average Bonchev–Trinajstić information content (AvgIpc) is 3.70. The summed E-state index contributed by atoms with van der Waals surface area (Å²) in [4.78, 5) is 36.3. The molecule has 13 nitrogen and oxygen atoms in total. The van der Waals surface area contributed by atoms with Gasteiger partial charge in [0.1, 0.15) is 5.65 Å². The number of H-pyrrole nitrogens is 1. The van der Waals surface area contributed by atoms with E-state index in [-0.39, 0.29) is 34.4 Å². The van der Waals surface area contributed by atoms with Crippen molar-refractivity contribution in [2.75, 3.05) is 26.2 Å². The minimum atomic E-state index is -3.40. The summed E-state index contributed by atoms with van der Waals surface area (Å²) in [6, 6.07) is 16.0. The molecule has 0 spiro atoms. The third kappa shape index (κ3) is 10.2. The molecule has 49 heavy (non-hydrogen) atoms. The number of guanidine groups is 1. The molecule has 1 fully saturated rings. The number of carbonyl (C=O) groups excluding carboxylic acids is 1. The number of aromatic nitrogens is 3. The van der Waals surface area contributed by atoms with Crippen LogP contribution in [0.15, 0.2) is 75.5 Å². The number of carbonyl (C=O) groups is 1. The number of aliphatic imine (C=N–C) groups is 1. The van der Waals surface area contributed by atoms with Crippen molar-refractivity contribution in [3.8, 4) is 5.69 Å². The lowest BCUT2D eigenvalue weighted by molar-refractivity contribution is 0.0953. The van der Waals surface area contributed by atoms with Crippen molar-refractivity contribution in [3.63, 3.8) is 0 Å². The van der Waals surface area contributed by atoms with E-state index in [1.807, 2.05) is 18.2 Å². The van der Waals surface area contributed by atoms with Gasteiger partial charge in [-0.05, 0) is 72.8 Å². The normalized spacial score (nSPS) is 15.0. The van der Waals surface area contributed by atoms with E-state index in [2.05, 4.69) is 71.9 Å². The number of hydrogen-bond acceptors (Lipinski definition) is 7. The predicted octanol–water partition coefficient (Wildman–Crippen LogP) is 3.03. The fourth-order valence-electron chi connectivity index (χ4n) is 5.12. The van der Waals surface area contributed by atoms with Gasteiger partial charge in [-0.15, -0.1) is 0 Å². The first-order valence-electron chi connectivity index (χ1n) is 16.3. The van der Waals surface area contributed by atoms with Crippen LogP contribution in [-0.2, 0) is 20.9 Å². The van der Waals surface area contributed by atoms with Crippen LogP contribution >= 0.6 is 0 Å². The van der Waals surface area contributed by atoms with Crippen molar-refractivity contribution in [1.82, 2.24) is 29.9 Å². The minimum Gasteiger partial charge on any atom is -0.370 e. The van der Waals surface area contributed by atoms with Crippen LogP contribution in [0.5, 0.6) is 0 Å². The van der Waals surface area contributed by atoms with Crippen molar-refractivity contribution >= 4 is 32.9 Å². The Labute approximate surface area is 288 Å². The molecular weight excluding hydrogens is 643 g/mol. The molecule has 0 radical (unpaired) electrons. The summed E-state index contributed by atoms with van der Waals surface area (Å²) in [5, 5.41) is 6.81. The summed E-state index contributed by atoms with van der Waals surface area (Å²) in [5.74, 6) is -0.165. The molecule has 5 rings (SSSR count). The molecule has 0 saturated carbocycles. The Morgan fingerprint density at radius 2 is 1.69 bits per heavy atom. The number of fused-ring (bicyclic) bond motifs is 1. The fraction of sp³-hybridized carbons (Fsp3) is 0.429. The lowest BCUT2D eigenvalue weighted by Crippen LogP contribution is -2.36. The number of benzene rings is 2. The number of nitrogens with two attached hydrogens (primary N) is 2. The SMILES string of the molecule is CC(C)(C)c1cc2cn(-c3ccc(C(=O)NCCCN=C(N)N)cc3)c(=O)nc2[nH]1.CC(C)(C)c1ccc(S(=O)(=O)N[C@H]2CCNC2)cc1. The minimum absolute atomic E-state index is 0.00675. The molecule has 1 amide bonds. The van der Waals surface area contributed by atoms with Gasteiger partial charge in [0.05, 0.1) is 10.6 Å². The highest BCUT2D eigenvalue weighted by molar-refractivity contribution is 7.89. The zero-order chi connectivity index (χ0) is 36.0. The largest absolute Gasteiger partial charge is 0.370 e. The summed E-state index contributed by atoms with van der Waals surface area (Å²) in [6.45, 7) is 15.1. The van der Waals surface area contributed by atoms with Crippen molar-refractivity contribution in [1.29, 1.82) is 0 Å². The lowest BCUT2D eigenvalue weighted by atomic mass is 9.87. The van der Waals surface area contributed by atoms with Gasteiger partial charge in [-0.25, -0.2) is 17.9 Å². The molecule has 1 atom stereocenters. The van der Waals surface area contributed by atoms with Gasteiger partial charge in [0, 0.05) is 53.9 Å². The molecule has 0 aliphatic carbocycles. The van der Waals surface area contributed by atoms with Gasteiger partial charge >= 0.3 is 5.69 Å². The fourth-order valence-corrected chi connectivity index (χ4v) is 6.40. The molecule has 0 bridgehead atoms. The highest BCUT2D eigenvalue weighted by atomic mass is 32.2. The van der Waals surface area contributed by atoms with Crippen LogP contribution in [0.1, 0.15) is 76.0 Å². The van der Waals surface area contributed by atoms with Crippen LogP contribution in [0.3, 0.4) is 0 Å². The monoisotopic (exact) mass is 691 g/mol. The van der Waals surface area contributed by atoms with E-state index in [9.17, 15) is 18.0 Å². The van der Waals surface area contributed by atoms with Crippen molar-refractivity contribution in [3.05, 3.63) is 88.1 Å². The molecular formula is C35H49N9O4S. The van der Waals surface area contributed by atoms with Gasteiger partial charge < -0.3 is 27.1 Å². The summed E-state index contributed by atoms with van der Waals surface area (Å²) in [5.41, 5.74) is 13.9. The quantitative estimate of drug-likeness (QED) is 0.0873. The van der Waals surface area contributed by atoms with E-state index in [0.29, 0.717) is 47.8 Å². The Hall–Kier alpha value is -4.53. The third-order valence-corrected chi connectivity index (χ3v) is 9.59. The second-order valence-corrected chi connectivity index (χ2v) is 15.9. The summed E-state index contributed by atoms with van der Waals surface area (Å²) in [6.07, 6.45) is 3.24.